The highest BCUT2D eigenvalue weighted by Crippen LogP contribution is 2.30. The molecule has 3 heterocycles. The molecule has 4 N–H and O–H groups in total. The van der Waals surface area contributed by atoms with E-state index in [2.05, 4.69) is 25.5 Å². The highest BCUT2D eigenvalue weighted by molar-refractivity contribution is 6.31. The lowest BCUT2D eigenvalue weighted by Gasteiger charge is -2.26. The molecule has 3 aromatic rings. The first kappa shape index (κ1) is 17.5. The summed E-state index contributed by atoms with van der Waals surface area (Å²) < 4.78 is 14.1. The van der Waals surface area contributed by atoms with Gasteiger partial charge in [-0.3, -0.25) is 5.10 Å². The quantitative estimate of drug-likeness (QED) is 0.627. The Labute approximate surface area is 159 Å². The van der Waals surface area contributed by atoms with Gasteiger partial charge in [-0.1, -0.05) is 17.7 Å². The van der Waals surface area contributed by atoms with Crippen LogP contribution in [0.15, 0.2) is 24.5 Å². The first-order valence-corrected chi connectivity index (χ1v) is 8.69. The van der Waals surface area contributed by atoms with Crippen LogP contribution in [-0.4, -0.2) is 45.3 Å². The van der Waals surface area contributed by atoms with Crippen LogP contribution in [0.4, 0.5) is 15.9 Å². The normalized spacial score (nSPS) is 19.4. The molecule has 8 nitrogen and oxygen atoms in total. The summed E-state index contributed by atoms with van der Waals surface area (Å²) in [4.78, 5) is 10.4. The van der Waals surface area contributed by atoms with Crippen molar-refractivity contribution in [2.75, 3.05) is 29.9 Å². The third-order valence-corrected chi connectivity index (χ3v) is 5.00. The second-order valence-electron chi connectivity index (χ2n) is 6.59. The molecule has 1 aliphatic heterocycles. The number of nitrogens with zero attached hydrogens (tertiary/aromatic N) is 5. The van der Waals surface area contributed by atoms with Crippen molar-refractivity contribution in [3.05, 3.63) is 41.1 Å². The fourth-order valence-electron chi connectivity index (χ4n) is 3.30. The SMILES string of the molecule is N#Cc1n[nH]c2ncnc(N3CCC(N)(CNc4cccc(Cl)c4F)C3)c12. The van der Waals surface area contributed by atoms with Crippen LogP contribution in [-0.2, 0) is 0 Å². The largest absolute Gasteiger partial charge is 0.381 e. The summed E-state index contributed by atoms with van der Waals surface area (Å²) >= 11 is 5.82. The molecular weight excluding hydrogens is 371 g/mol. The number of rotatable bonds is 4. The molecule has 0 bridgehead atoms. The molecule has 1 atom stereocenters. The van der Waals surface area contributed by atoms with Crippen molar-refractivity contribution >= 4 is 34.1 Å². The standard InChI is InChI=1S/C17H16ClFN8/c18-10-2-1-3-11(14(10)19)22-7-17(21)4-5-27(8-17)16-13-12(6-20)25-26-15(13)23-9-24-16/h1-3,9,22H,4-5,7-8,21H2,(H,23,24,25,26). The second kappa shape index (κ2) is 6.64. The number of H-pyrrole nitrogens is 1. The number of nitrogens with two attached hydrogens (primary N) is 1. The molecule has 0 saturated carbocycles. The number of hydrogen-bond acceptors (Lipinski definition) is 7. The number of hydrogen-bond donors (Lipinski definition) is 3. The van der Waals surface area contributed by atoms with Crippen LogP contribution in [0.1, 0.15) is 12.1 Å². The lowest BCUT2D eigenvalue weighted by molar-refractivity contribution is 0.497. The Bertz CT molecular complexity index is 1050. The van der Waals surface area contributed by atoms with Gasteiger partial charge in [0.15, 0.2) is 17.2 Å². The molecule has 4 rings (SSSR count). The van der Waals surface area contributed by atoms with E-state index in [0.29, 0.717) is 48.6 Å². The molecule has 0 amide bonds. The minimum Gasteiger partial charge on any atom is -0.381 e. The molecule has 27 heavy (non-hydrogen) atoms. The Morgan fingerprint density at radius 3 is 3.11 bits per heavy atom. The molecule has 0 spiro atoms. The van der Waals surface area contributed by atoms with Crippen molar-refractivity contribution in [3.63, 3.8) is 0 Å². The lowest BCUT2D eigenvalue weighted by Crippen LogP contribution is -2.48. The van der Waals surface area contributed by atoms with E-state index in [-0.39, 0.29) is 10.7 Å². The third-order valence-electron chi connectivity index (χ3n) is 4.71. The molecule has 138 valence electrons. The van der Waals surface area contributed by atoms with Gasteiger partial charge in [0.1, 0.15) is 18.2 Å². The second-order valence-corrected chi connectivity index (χ2v) is 7.00. The molecule has 2 aromatic heterocycles. The Kier molecular flexibility index (Phi) is 4.30. The summed E-state index contributed by atoms with van der Waals surface area (Å²) in [6.07, 6.45) is 2.10. The summed E-state index contributed by atoms with van der Waals surface area (Å²) in [6.45, 7) is 1.51. The average Bonchev–Trinajstić information content (AvgIpc) is 3.27. The van der Waals surface area contributed by atoms with Gasteiger partial charge in [-0.05, 0) is 18.6 Å². The highest BCUT2D eigenvalue weighted by Gasteiger charge is 2.36. The number of aromatic amines is 1. The maximum absolute atomic E-state index is 14.1. The summed E-state index contributed by atoms with van der Waals surface area (Å²) in [7, 11) is 0. The maximum atomic E-state index is 14.1. The molecule has 0 radical (unpaired) electrons. The van der Waals surface area contributed by atoms with Gasteiger partial charge in [0, 0.05) is 19.6 Å². The monoisotopic (exact) mass is 386 g/mol. The maximum Gasteiger partial charge on any atom is 0.175 e. The fraction of sp³-hybridized carbons (Fsp3) is 0.294. The van der Waals surface area contributed by atoms with Crippen molar-refractivity contribution in [1.82, 2.24) is 20.2 Å². The average molecular weight is 387 g/mol. The number of halogens is 2. The predicted octanol–water partition coefficient (Wildman–Crippen LogP) is 2.04. The molecule has 10 heteroatoms. The van der Waals surface area contributed by atoms with Crippen LogP contribution in [0.3, 0.4) is 0 Å². The van der Waals surface area contributed by atoms with Crippen molar-refractivity contribution in [3.8, 4) is 6.07 Å². The van der Waals surface area contributed by atoms with E-state index in [9.17, 15) is 9.65 Å². The zero-order valence-corrected chi connectivity index (χ0v) is 15.0. The summed E-state index contributed by atoms with van der Waals surface area (Å²) in [5, 5.41) is 19.7. The van der Waals surface area contributed by atoms with Crippen LogP contribution in [0.5, 0.6) is 0 Å². The van der Waals surface area contributed by atoms with Crippen molar-refractivity contribution < 1.29 is 4.39 Å². The van der Waals surface area contributed by atoms with Crippen molar-refractivity contribution in [1.29, 1.82) is 5.26 Å². The minimum absolute atomic E-state index is 0.0616. The van der Waals surface area contributed by atoms with Crippen LogP contribution < -0.4 is 16.0 Å². The van der Waals surface area contributed by atoms with Gasteiger partial charge in [0.05, 0.1) is 21.6 Å². The first-order valence-electron chi connectivity index (χ1n) is 8.32. The van der Waals surface area contributed by atoms with Gasteiger partial charge in [0.25, 0.3) is 0 Å². The molecule has 0 aliphatic carbocycles. The van der Waals surface area contributed by atoms with Crippen LogP contribution in [0.2, 0.25) is 5.02 Å². The van der Waals surface area contributed by atoms with E-state index in [4.69, 9.17) is 17.3 Å². The first-order chi connectivity index (χ1) is 13.0. The molecule has 1 aromatic carbocycles. The van der Waals surface area contributed by atoms with Crippen LogP contribution >= 0.6 is 11.6 Å². The zero-order chi connectivity index (χ0) is 19.0. The minimum atomic E-state index is -0.595. The van der Waals surface area contributed by atoms with Gasteiger partial charge in [-0.15, -0.1) is 0 Å². The van der Waals surface area contributed by atoms with E-state index in [1.165, 1.54) is 12.4 Å². The Hall–Kier alpha value is -2.96. The van der Waals surface area contributed by atoms with Crippen LogP contribution in [0.25, 0.3) is 11.0 Å². The molecule has 1 aliphatic rings. The van der Waals surface area contributed by atoms with Crippen molar-refractivity contribution in [2.45, 2.75) is 12.0 Å². The van der Waals surface area contributed by atoms with E-state index >= 15 is 0 Å². The zero-order valence-electron chi connectivity index (χ0n) is 14.2. The highest BCUT2D eigenvalue weighted by atomic mass is 35.5. The Morgan fingerprint density at radius 2 is 2.30 bits per heavy atom. The predicted molar refractivity (Wildman–Crippen MR) is 100 cm³/mol. The molecule has 1 saturated heterocycles. The van der Waals surface area contributed by atoms with Gasteiger partial charge in [0.2, 0.25) is 0 Å². The van der Waals surface area contributed by atoms with E-state index < -0.39 is 11.4 Å². The fourth-order valence-corrected chi connectivity index (χ4v) is 3.47. The number of benzene rings is 1. The van der Waals surface area contributed by atoms with Gasteiger partial charge in [-0.25, -0.2) is 14.4 Å². The molecule has 1 fully saturated rings. The summed E-state index contributed by atoms with van der Waals surface area (Å²) in [5.41, 5.74) is 6.99. The number of aromatic nitrogens is 4. The van der Waals surface area contributed by atoms with Gasteiger partial charge >= 0.3 is 0 Å². The van der Waals surface area contributed by atoms with Gasteiger partial charge < -0.3 is 16.0 Å². The van der Waals surface area contributed by atoms with Crippen LogP contribution in [0, 0.1) is 17.1 Å². The Morgan fingerprint density at radius 1 is 1.44 bits per heavy atom. The number of nitriles is 1. The van der Waals surface area contributed by atoms with E-state index in [0.717, 1.165) is 0 Å². The molecule has 1 unspecified atom stereocenters. The smallest absolute Gasteiger partial charge is 0.175 e. The topological polar surface area (TPSA) is 120 Å². The summed E-state index contributed by atoms with van der Waals surface area (Å²) in [6, 6.07) is 6.84. The number of fused-ring (bicyclic) bond motifs is 1. The number of anilines is 2. The van der Waals surface area contributed by atoms with E-state index in [1.807, 2.05) is 11.0 Å². The molecular formula is C17H16ClFN8. The van der Waals surface area contributed by atoms with Gasteiger partial charge in [-0.2, -0.15) is 10.4 Å². The van der Waals surface area contributed by atoms with Crippen molar-refractivity contribution in [2.24, 2.45) is 5.73 Å². The third kappa shape index (κ3) is 3.13. The number of nitrogens with one attached hydrogen (secondary N) is 2. The Balaban J connectivity index is 1.54. The lowest BCUT2D eigenvalue weighted by atomic mass is 10.00. The summed E-state index contributed by atoms with van der Waals surface area (Å²) in [5.74, 6) is 0.124. The van der Waals surface area contributed by atoms with E-state index in [1.54, 1.807) is 12.1 Å².